The van der Waals surface area contributed by atoms with Crippen molar-refractivity contribution in [3.63, 3.8) is 0 Å². The van der Waals surface area contributed by atoms with Gasteiger partial charge in [0.15, 0.2) is 0 Å². The maximum atomic E-state index is 6.66. The Morgan fingerprint density at radius 3 is 1.78 bits per heavy atom. The lowest BCUT2D eigenvalue weighted by Gasteiger charge is -2.18. The fourth-order valence-corrected chi connectivity index (χ4v) is 6.25. The first-order valence-electron chi connectivity index (χ1n) is 13.7. The molecule has 0 aliphatic carbocycles. The number of rotatable bonds is 4. The first-order chi connectivity index (χ1) is 20.3. The van der Waals surface area contributed by atoms with Gasteiger partial charge in [0.2, 0.25) is 0 Å². The number of hydrogen-bond donors (Lipinski definition) is 1. The number of para-hydroxylation sites is 2. The molecule has 0 saturated heterocycles. The highest BCUT2D eigenvalue weighted by atomic mass is 35.5. The highest BCUT2D eigenvalue weighted by Crippen LogP contribution is 2.45. The third-order valence-electron chi connectivity index (χ3n) is 7.81. The molecule has 0 fully saturated rings. The molecular weight excluding hydrogens is 522 g/mol. The zero-order chi connectivity index (χ0) is 27.3. The molecule has 41 heavy (non-hydrogen) atoms. The van der Waals surface area contributed by atoms with Crippen molar-refractivity contribution in [1.82, 2.24) is 9.55 Å². The van der Waals surface area contributed by atoms with Gasteiger partial charge in [-0.3, -0.25) is 4.57 Å². The smallest absolute Gasteiger partial charge is 0.145 e. The van der Waals surface area contributed by atoms with Crippen LogP contribution >= 0.6 is 11.6 Å². The number of anilines is 2. The number of fused-ring (bicyclic) bond motifs is 8. The Bertz CT molecular complexity index is 2240. The first-order valence-corrected chi connectivity index (χ1v) is 14.1. The van der Waals surface area contributed by atoms with Gasteiger partial charge in [0.25, 0.3) is 0 Å². The van der Waals surface area contributed by atoms with Crippen molar-refractivity contribution in [3.05, 3.63) is 145 Å². The minimum atomic E-state index is 0.672. The van der Waals surface area contributed by atoms with E-state index in [1.54, 1.807) is 0 Å². The summed E-state index contributed by atoms with van der Waals surface area (Å²) in [5.41, 5.74) is 5.95. The van der Waals surface area contributed by atoms with Gasteiger partial charge < -0.3 is 5.32 Å². The average Bonchev–Trinajstić information content (AvgIpc) is 3.42. The second kappa shape index (κ2) is 9.51. The van der Waals surface area contributed by atoms with Gasteiger partial charge in [0.05, 0.1) is 21.7 Å². The highest BCUT2D eigenvalue weighted by molar-refractivity contribution is 6.35. The van der Waals surface area contributed by atoms with Crippen LogP contribution in [-0.2, 0) is 0 Å². The van der Waals surface area contributed by atoms with Crippen LogP contribution in [0.2, 0.25) is 5.02 Å². The predicted molar refractivity (Wildman–Crippen MR) is 174 cm³/mol. The molecule has 4 heteroatoms. The summed E-state index contributed by atoms with van der Waals surface area (Å²) >= 11 is 6.66. The molecule has 1 heterocycles. The Kier molecular flexibility index (Phi) is 5.51. The van der Waals surface area contributed by atoms with Gasteiger partial charge in [-0.05, 0) is 51.9 Å². The normalized spacial score (nSPS) is 11.5. The van der Waals surface area contributed by atoms with E-state index in [1.807, 2.05) is 30.3 Å². The summed E-state index contributed by atoms with van der Waals surface area (Å²) in [5.74, 6) is 0.903. The minimum Gasteiger partial charge on any atom is -0.354 e. The average molecular weight is 546 g/mol. The number of aromatic nitrogens is 2. The molecule has 0 aliphatic heterocycles. The zero-order valence-corrected chi connectivity index (χ0v) is 22.8. The number of halogens is 1. The van der Waals surface area contributed by atoms with E-state index in [2.05, 4.69) is 119 Å². The van der Waals surface area contributed by atoms with Gasteiger partial charge in [-0.25, -0.2) is 4.98 Å². The summed E-state index contributed by atoms with van der Waals surface area (Å²) in [5, 5.41) is 11.5. The van der Waals surface area contributed by atoms with E-state index in [0.29, 0.717) is 5.02 Å². The highest BCUT2D eigenvalue weighted by Gasteiger charge is 2.22. The van der Waals surface area contributed by atoms with Gasteiger partial charge in [-0.1, -0.05) is 121 Å². The molecule has 0 saturated carbocycles. The molecule has 0 unspecified atom stereocenters. The molecule has 0 aliphatic rings. The van der Waals surface area contributed by atoms with Crippen LogP contribution in [0.3, 0.4) is 0 Å². The molecule has 0 amide bonds. The molecule has 8 aromatic rings. The SMILES string of the molecule is Clc1ccccc1Nc1cc2nc(-c3ccccc3)n(-c3ccccc3)c2c2c3ccccc3c3ccccc3c12. The predicted octanol–water partition coefficient (Wildman–Crippen LogP) is 10.5. The molecule has 0 bridgehead atoms. The van der Waals surface area contributed by atoms with Crippen LogP contribution in [0.25, 0.3) is 60.4 Å². The lowest BCUT2D eigenvalue weighted by molar-refractivity contribution is 1.11. The van der Waals surface area contributed by atoms with Crippen LogP contribution in [0.1, 0.15) is 0 Å². The monoisotopic (exact) mass is 545 g/mol. The van der Waals surface area contributed by atoms with Crippen molar-refractivity contribution in [3.8, 4) is 17.1 Å². The summed E-state index contributed by atoms with van der Waals surface area (Å²) in [6.07, 6.45) is 0. The van der Waals surface area contributed by atoms with Crippen LogP contribution in [0.4, 0.5) is 11.4 Å². The van der Waals surface area contributed by atoms with Crippen LogP contribution in [0.15, 0.2) is 140 Å². The number of nitrogens with one attached hydrogen (secondary N) is 1. The largest absolute Gasteiger partial charge is 0.354 e. The number of nitrogens with zero attached hydrogens (tertiary/aromatic N) is 2. The van der Waals surface area contributed by atoms with Crippen molar-refractivity contribution >= 4 is 66.3 Å². The quantitative estimate of drug-likeness (QED) is 0.223. The van der Waals surface area contributed by atoms with E-state index in [1.165, 1.54) is 21.5 Å². The molecule has 1 N–H and O–H groups in total. The molecule has 1 aromatic heterocycles. The Hall–Kier alpha value is -5.12. The zero-order valence-electron chi connectivity index (χ0n) is 22.1. The van der Waals surface area contributed by atoms with Crippen LogP contribution in [-0.4, -0.2) is 9.55 Å². The van der Waals surface area contributed by atoms with Gasteiger partial charge in [-0.15, -0.1) is 0 Å². The Morgan fingerprint density at radius 1 is 0.537 bits per heavy atom. The van der Waals surface area contributed by atoms with E-state index >= 15 is 0 Å². The second-order valence-electron chi connectivity index (χ2n) is 10.2. The fraction of sp³-hybridized carbons (Fsp3) is 0. The van der Waals surface area contributed by atoms with Crippen molar-refractivity contribution < 1.29 is 0 Å². The van der Waals surface area contributed by atoms with E-state index in [0.717, 1.165) is 50.3 Å². The number of imidazole rings is 1. The molecule has 8 rings (SSSR count). The Balaban J connectivity index is 1.62. The summed E-state index contributed by atoms with van der Waals surface area (Å²) in [6, 6.07) is 48.3. The van der Waals surface area contributed by atoms with Gasteiger partial charge in [-0.2, -0.15) is 0 Å². The third kappa shape index (κ3) is 3.78. The summed E-state index contributed by atoms with van der Waals surface area (Å²) < 4.78 is 2.31. The summed E-state index contributed by atoms with van der Waals surface area (Å²) in [6.45, 7) is 0. The van der Waals surface area contributed by atoms with Crippen LogP contribution in [0, 0.1) is 0 Å². The molecular formula is C37H24ClN3. The molecule has 0 spiro atoms. The van der Waals surface area contributed by atoms with Crippen molar-refractivity contribution in [1.29, 1.82) is 0 Å². The van der Waals surface area contributed by atoms with E-state index < -0.39 is 0 Å². The van der Waals surface area contributed by atoms with Crippen molar-refractivity contribution in [2.75, 3.05) is 5.32 Å². The first kappa shape index (κ1) is 23.7. The number of benzene rings is 7. The van der Waals surface area contributed by atoms with Gasteiger partial charge in [0.1, 0.15) is 5.82 Å². The van der Waals surface area contributed by atoms with Crippen LogP contribution < -0.4 is 5.32 Å². The van der Waals surface area contributed by atoms with E-state index in [-0.39, 0.29) is 0 Å². The second-order valence-corrected chi connectivity index (χ2v) is 10.6. The topological polar surface area (TPSA) is 29.9 Å². The maximum Gasteiger partial charge on any atom is 0.145 e. The summed E-state index contributed by atoms with van der Waals surface area (Å²) in [4.78, 5) is 5.31. The molecule has 0 radical (unpaired) electrons. The van der Waals surface area contributed by atoms with Gasteiger partial charge >= 0.3 is 0 Å². The van der Waals surface area contributed by atoms with Gasteiger partial charge in [0, 0.05) is 27.7 Å². The Morgan fingerprint density at radius 2 is 1.10 bits per heavy atom. The molecule has 194 valence electrons. The third-order valence-corrected chi connectivity index (χ3v) is 8.14. The lowest BCUT2D eigenvalue weighted by Crippen LogP contribution is -1.99. The lowest BCUT2D eigenvalue weighted by atomic mass is 9.92. The molecule has 0 atom stereocenters. The fourth-order valence-electron chi connectivity index (χ4n) is 6.07. The van der Waals surface area contributed by atoms with Crippen molar-refractivity contribution in [2.45, 2.75) is 0 Å². The number of hydrogen-bond acceptors (Lipinski definition) is 2. The molecule has 7 aromatic carbocycles. The summed E-state index contributed by atoms with van der Waals surface area (Å²) in [7, 11) is 0. The van der Waals surface area contributed by atoms with Crippen molar-refractivity contribution in [2.24, 2.45) is 0 Å². The Labute approximate surface area is 242 Å². The van der Waals surface area contributed by atoms with E-state index in [9.17, 15) is 0 Å². The standard InChI is InChI=1S/C37H24ClN3/c38-30-21-11-12-22-31(30)39-32-23-33-36(35-29-20-10-8-18-27(29)26-17-7-9-19-28(26)34(32)35)41(25-15-5-2-6-16-25)37(40-33)24-13-3-1-4-14-24/h1-23,39H. The molecule has 3 nitrogen and oxygen atoms in total. The minimum absolute atomic E-state index is 0.672. The maximum absolute atomic E-state index is 6.66. The van der Waals surface area contributed by atoms with E-state index in [4.69, 9.17) is 16.6 Å². The van der Waals surface area contributed by atoms with Crippen LogP contribution in [0.5, 0.6) is 0 Å².